The van der Waals surface area contributed by atoms with Crippen molar-refractivity contribution in [2.24, 2.45) is 0 Å². The molecular weight excluding hydrogens is 527 g/mol. The highest BCUT2D eigenvalue weighted by Crippen LogP contribution is 2.24. The van der Waals surface area contributed by atoms with Crippen molar-refractivity contribution >= 4 is 21.9 Å². The van der Waals surface area contributed by atoms with Crippen molar-refractivity contribution in [3.63, 3.8) is 0 Å². The molecule has 0 bridgehead atoms. The van der Waals surface area contributed by atoms with Gasteiger partial charge in [-0.05, 0) is 43.0 Å². The Morgan fingerprint density at radius 2 is 1.89 bits per heavy atom. The average Bonchev–Trinajstić information content (AvgIpc) is 2.89. The molecule has 1 N–H and O–H groups in total. The van der Waals surface area contributed by atoms with Crippen LogP contribution in [-0.2, 0) is 24.4 Å². The van der Waals surface area contributed by atoms with Crippen LogP contribution in [0.2, 0.25) is 0 Å². The average molecular weight is 554 g/mol. The fraction of sp³-hybridized carbons (Fsp3) is 0.417. The van der Waals surface area contributed by atoms with Crippen molar-refractivity contribution in [3.05, 3.63) is 48.2 Å². The molecule has 204 valence electrons. The Bertz CT molecular complexity index is 1290. The number of amides is 1. The van der Waals surface area contributed by atoms with E-state index in [2.05, 4.69) is 21.2 Å². The molecule has 1 amide bonds. The fourth-order valence-electron chi connectivity index (χ4n) is 3.78. The highest BCUT2D eigenvalue weighted by molar-refractivity contribution is 7.89. The largest absolute Gasteiger partial charge is 0.492 e. The lowest BCUT2D eigenvalue weighted by atomic mass is 10.00. The number of piperidine rings is 1. The normalized spacial score (nSPS) is 17.4. The van der Waals surface area contributed by atoms with Gasteiger partial charge >= 0.3 is 12.1 Å². The first kappa shape index (κ1) is 29.0. The van der Waals surface area contributed by atoms with Gasteiger partial charge in [0.1, 0.15) is 6.04 Å². The van der Waals surface area contributed by atoms with Crippen molar-refractivity contribution in [2.75, 3.05) is 27.2 Å². The second kappa shape index (κ2) is 11.9. The second-order valence-electron chi connectivity index (χ2n) is 8.74. The quantitative estimate of drug-likeness (QED) is 0.528. The Kier molecular flexibility index (Phi) is 9.08. The minimum atomic E-state index is -5.19. The number of nitrogens with one attached hydrogen (secondary N) is 1. The number of benzene rings is 1. The van der Waals surface area contributed by atoms with Crippen molar-refractivity contribution in [2.45, 2.75) is 42.3 Å². The third-order valence-electron chi connectivity index (χ3n) is 5.94. The Morgan fingerprint density at radius 3 is 2.45 bits per heavy atom. The Hall–Kier alpha value is -3.54. The topological polar surface area (TPSA) is 133 Å². The van der Waals surface area contributed by atoms with Crippen LogP contribution in [0.3, 0.4) is 0 Å². The van der Waals surface area contributed by atoms with Crippen molar-refractivity contribution < 1.29 is 36.0 Å². The molecule has 3 rings (SSSR count). The molecule has 1 aliphatic heterocycles. The zero-order valence-electron chi connectivity index (χ0n) is 20.6. The van der Waals surface area contributed by atoms with E-state index in [1.54, 1.807) is 24.3 Å². The molecule has 0 aliphatic carbocycles. The molecule has 2 aromatic rings. The number of halogens is 3. The van der Waals surface area contributed by atoms with Gasteiger partial charge in [-0.25, -0.2) is 17.5 Å². The molecule has 0 spiro atoms. The van der Waals surface area contributed by atoms with E-state index in [9.17, 15) is 36.4 Å². The molecule has 1 aromatic carbocycles. The van der Waals surface area contributed by atoms with Crippen molar-refractivity contribution in [1.82, 2.24) is 19.7 Å². The van der Waals surface area contributed by atoms with Gasteiger partial charge in [-0.15, -0.1) is 5.06 Å². The van der Waals surface area contributed by atoms with Gasteiger partial charge in [-0.3, -0.25) is 9.78 Å². The predicted molar refractivity (Wildman–Crippen MR) is 128 cm³/mol. The lowest BCUT2D eigenvalue weighted by Crippen LogP contribution is -2.51. The van der Waals surface area contributed by atoms with E-state index in [1.165, 1.54) is 32.4 Å². The monoisotopic (exact) mass is 553 g/mol. The summed E-state index contributed by atoms with van der Waals surface area (Å²) < 4.78 is 63.3. The third kappa shape index (κ3) is 6.85. The number of rotatable bonds is 8. The van der Waals surface area contributed by atoms with Gasteiger partial charge in [-0.2, -0.15) is 18.4 Å². The zero-order valence-corrected chi connectivity index (χ0v) is 21.4. The lowest BCUT2D eigenvalue weighted by Gasteiger charge is -2.32. The number of carbonyl (C=O) groups excluding carboxylic acids is 2. The second-order valence-corrected chi connectivity index (χ2v) is 10.9. The number of hydrogen-bond donors (Lipinski definition) is 1. The molecule has 2 heterocycles. The van der Waals surface area contributed by atoms with E-state index in [-0.39, 0.29) is 24.4 Å². The Balaban J connectivity index is 1.64. The fourth-order valence-corrected chi connectivity index (χ4v) is 4.69. The summed E-state index contributed by atoms with van der Waals surface area (Å²) in [6.45, 7) is -0.153. The molecule has 1 aliphatic rings. The molecule has 0 saturated carbocycles. The van der Waals surface area contributed by atoms with E-state index in [0.717, 1.165) is 9.37 Å². The molecule has 10 nitrogen and oxygen atoms in total. The maximum Gasteiger partial charge on any atom is 0.492 e. The zero-order chi connectivity index (χ0) is 28.1. The van der Waals surface area contributed by atoms with E-state index in [4.69, 9.17) is 0 Å². The molecule has 0 unspecified atom stereocenters. The van der Waals surface area contributed by atoms with Gasteiger partial charge in [0.2, 0.25) is 15.9 Å². The first-order valence-electron chi connectivity index (χ1n) is 11.6. The van der Waals surface area contributed by atoms with Gasteiger partial charge < -0.3 is 10.2 Å². The van der Waals surface area contributed by atoms with Gasteiger partial charge in [0.25, 0.3) is 0 Å². The first-order valence-corrected chi connectivity index (χ1v) is 13.0. The maximum atomic E-state index is 12.7. The Labute approximate surface area is 218 Å². The van der Waals surface area contributed by atoms with E-state index < -0.39 is 40.0 Å². The summed E-state index contributed by atoms with van der Waals surface area (Å²) in [5, 5.41) is 12.9. The predicted octanol–water partition coefficient (Wildman–Crippen LogP) is 2.60. The molecule has 14 heteroatoms. The third-order valence-corrected chi connectivity index (χ3v) is 7.77. The van der Waals surface area contributed by atoms with Crippen LogP contribution < -0.4 is 5.32 Å². The summed E-state index contributed by atoms with van der Waals surface area (Å²) in [5.74, 6) is -3.85. The van der Waals surface area contributed by atoms with Gasteiger partial charge in [0, 0.05) is 38.9 Å². The summed E-state index contributed by atoms with van der Waals surface area (Å²) >= 11 is 0. The number of alkyl halides is 3. The number of hydroxylamine groups is 2. The summed E-state index contributed by atoms with van der Waals surface area (Å²) in [5.41, 5.74) is 1.68. The molecule has 2 atom stereocenters. The number of nitrogens with zero attached hydrogens (tertiary/aromatic N) is 4. The number of pyridine rings is 1. The molecule has 0 radical (unpaired) electrons. The van der Waals surface area contributed by atoms with Crippen LogP contribution >= 0.6 is 0 Å². The number of nitriles is 1. The van der Waals surface area contributed by atoms with Crippen molar-refractivity contribution in [1.29, 1.82) is 5.26 Å². The van der Waals surface area contributed by atoms with Crippen LogP contribution in [-0.4, -0.2) is 74.0 Å². The number of sulfonamides is 1. The number of hydrogen-bond acceptors (Lipinski definition) is 8. The first-order chi connectivity index (χ1) is 17.8. The number of carbonyl (C=O) groups is 2. The van der Waals surface area contributed by atoms with Crippen LogP contribution in [0.1, 0.15) is 30.7 Å². The molecule has 38 heavy (non-hydrogen) atoms. The summed E-state index contributed by atoms with van der Waals surface area (Å²) in [6, 6.07) is 10.4. The molecule has 1 fully saturated rings. The summed E-state index contributed by atoms with van der Waals surface area (Å²) in [7, 11) is -0.698. The standard InChI is InChI=1S/C24H26F3N5O5S/c1-31(2)38(35,36)19-9-6-16(7-10-19)20-11-8-17(14-29-20)18(13-28)15-30-22(33)21-5-3-4-12-32(21)37-23(34)24(25,26)27/h6-11,14,18,21H,3-5,12,15H2,1-2H3,(H,30,33)/t18-,21-/m0/s1. The van der Waals surface area contributed by atoms with Crippen molar-refractivity contribution in [3.8, 4) is 17.3 Å². The minimum Gasteiger partial charge on any atom is -0.360 e. The molecular formula is C24H26F3N5O5S. The van der Waals surface area contributed by atoms with Crippen LogP contribution in [0.5, 0.6) is 0 Å². The minimum absolute atomic E-state index is 0.0188. The summed E-state index contributed by atoms with van der Waals surface area (Å²) in [4.78, 5) is 32.8. The van der Waals surface area contributed by atoms with Gasteiger partial charge in [-0.1, -0.05) is 18.2 Å². The van der Waals surface area contributed by atoms with E-state index >= 15 is 0 Å². The smallest absolute Gasteiger partial charge is 0.360 e. The van der Waals surface area contributed by atoms with Crippen LogP contribution in [0.15, 0.2) is 47.5 Å². The van der Waals surface area contributed by atoms with E-state index in [0.29, 0.717) is 29.7 Å². The maximum absolute atomic E-state index is 12.7. The van der Waals surface area contributed by atoms with Gasteiger partial charge in [0.15, 0.2) is 0 Å². The van der Waals surface area contributed by atoms with Crippen LogP contribution in [0, 0.1) is 11.3 Å². The van der Waals surface area contributed by atoms with Gasteiger partial charge in [0.05, 0.1) is 22.6 Å². The van der Waals surface area contributed by atoms with E-state index in [1.807, 2.05) is 0 Å². The lowest BCUT2D eigenvalue weighted by molar-refractivity contribution is -0.248. The van der Waals surface area contributed by atoms with Crippen LogP contribution in [0.4, 0.5) is 13.2 Å². The highest BCUT2D eigenvalue weighted by Gasteiger charge is 2.44. The SMILES string of the molecule is CN(C)S(=O)(=O)c1ccc(-c2ccc([C@@H](C#N)CNC(=O)[C@@H]3CCCCN3OC(=O)C(F)(F)F)cn2)cc1. The number of aromatic nitrogens is 1. The Morgan fingerprint density at radius 1 is 1.21 bits per heavy atom. The van der Waals surface area contributed by atoms with Crippen LogP contribution in [0.25, 0.3) is 11.3 Å². The highest BCUT2D eigenvalue weighted by atomic mass is 32.2. The molecule has 1 saturated heterocycles. The molecule has 1 aromatic heterocycles. The summed E-state index contributed by atoms with van der Waals surface area (Å²) in [6.07, 6.45) is -2.51.